The van der Waals surface area contributed by atoms with Crippen molar-refractivity contribution in [1.82, 2.24) is 4.90 Å². The lowest BCUT2D eigenvalue weighted by atomic mass is 9.82. The van der Waals surface area contributed by atoms with Crippen molar-refractivity contribution >= 4 is 0 Å². The van der Waals surface area contributed by atoms with Gasteiger partial charge >= 0.3 is 0 Å². The molecule has 0 aliphatic carbocycles. The van der Waals surface area contributed by atoms with Crippen LogP contribution in [0, 0.1) is 5.92 Å². The molecule has 17 heavy (non-hydrogen) atoms. The van der Waals surface area contributed by atoms with E-state index >= 15 is 0 Å². The van der Waals surface area contributed by atoms with E-state index in [0.29, 0.717) is 5.92 Å². The van der Waals surface area contributed by atoms with Crippen molar-refractivity contribution in [1.29, 1.82) is 0 Å². The predicted molar refractivity (Wildman–Crippen MR) is 73.1 cm³/mol. The first kappa shape index (κ1) is 14.9. The number of nitrogens with two attached hydrogens (primary N) is 1. The lowest BCUT2D eigenvalue weighted by Crippen LogP contribution is -2.59. The molecule has 2 atom stereocenters. The third-order valence-corrected chi connectivity index (χ3v) is 4.38. The van der Waals surface area contributed by atoms with Crippen LogP contribution < -0.4 is 5.73 Å². The Morgan fingerprint density at radius 2 is 1.82 bits per heavy atom. The van der Waals surface area contributed by atoms with Gasteiger partial charge in [-0.05, 0) is 52.1 Å². The number of likely N-dealkylation sites (tertiary alicyclic amines) is 1. The average Bonchev–Trinajstić information content (AvgIpc) is 2.36. The van der Waals surface area contributed by atoms with Crippen molar-refractivity contribution in [3.05, 3.63) is 0 Å². The fourth-order valence-electron chi connectivity index (χ4n) is 2.86. The molecule has 2 N–H and O–H groups in total. The number of piperidine rings is 1. The Hall–Kier alpha value is -0.120. The molecule has 0 aromatic heterocycles. The van der Waals surface area contributed by atoms with E-state index in [1.54, 1.807) is 7.11 Å². The molecule has 102 valence electrons. The SMILES string of the molecule is COCCC(C)C(N)C(C)(C)N1CCCCC1. The molecule has 1 heterocycles. The van der Waals surface area contributed by atoms with Gasteiger partial charge in [-0.2, -0.15) is 0 Å². The minimum Gasteiger partial charge on any atom is -0.385 e. The summed E-state index contributed by atoms with van der Waals surface area (Å²) in [5, 5.41) is 0. The molecule has 3 nitrogen and oxygen atoms in total. The first-order chi connectivity index (χ1) is 8.00. The van der Waals surface area contributed by atoms with Crippen molar-refractivity contribution in [2.75, 3.05) is 26.8 Å². The summed E-state index contributed by atoms with van der Waals surface area (Å²) in [7, 11) is 1.76. The summed E-state index contributed by atoms with van der Waals surface area (Å²) in [5.41, 5.74) is 6.57. The maximum absolute atomic E-state index is 6.47. The molecule has 0 bridgehead atoms. The van der Waals surface area contributed by atoms with E-state index in [-0.39, 0.29) is 11.6 Å². The molecule has 0 saturated carbocycles. The number of nitrogens with zero attached hydrogens (tertiary/aromatic N) is 1. The molecule has 0 amide bonds. The summed E-state index contributed by atoms with van der Waals surface area (Å²) in [6.07, 6.45) is 5.07. The number of methoxy groups -OCH3 is 1. The smallest absolute Gasteiger partial charge is 0.0465 e. The number of hydrogen-bond donors (Lipinski definition) is 1. The zero-order chi connectivity index (χ0) is 12.9. The molecular weight excluding hydrogens is 212 g/mol. The van der Waals surface area contributed by atoms with Gasteiger partial charge in [0.2, 0.25) is 0 Å². The van der Waals surface area contributed by atoms with Crippen LogP contribution in [0.25, 0.3) is 0 Å². The first-order valence-electron chi connectivity index (χ1n) is 6.99. The van der Waals surface area contributed by atoms with Crippen molar-refractivity contribution < 1.29 is 4.74 Å². The number of hydrogen-bond acceptors (Lipinski definition) is 3. The van der Waals surface area contributed by atoms with Crippen molar-refractivity contribution in [2.24, 2.45) is 11.7 Å². The van der Waals surface area contributed by atoms with Crippen LogP contribution in [-0.2, 0) is 4.74 Å². The topological polar surface area (TPSA) is 38.5 Å². The number of rotatable bonds is 6. The van der Waals surface area contributed by atoms with E-state index in [9.17, 15) is 0 Å². The molecule has 1 aliphatic heterocycles. The Morgan fingerprint density at radius 3 is 2.35 bits per heavy atom. The second kappa shape index (κ2) is 6.72. The fourth-order valence-corrected chi connectivity index (χ4v) is 2.86. The van der Waals surface area contributed by atoms with Crippen LogP contribution >= 0.6 is 0 Å². The summed E-state index contributed by atoms with van der Waals surface area (Å²) in [6.45, 7) is 10.1. The average molecular weight is 242 g/mol. The van der Waals surface area contributed by atoms with Crippen LogP contribution in [0.15, 0.2) is 0 Å². The van der Waals surface area contributed by atoms with E-state index < -0.39 is 0 Å². The van der Waals surface area contributed by atoms with Gasteiger partial charge in [0.25, 0.3) is 0 Å². The zero-order valence-corrected chi connectivity index (χ0v) is 12.0. The summed E-state index contributed by atoms with van der Waals surface area (Å²) >= 11 is 0. The molecule has 0 aromatic carbocycles. The Labute approximate surface area is 107 Å². The highest BCUT2D eigenvalue weighted by atomic mass is 16.5. The van der Waals surface area contributed by atoms with Crippen LogP contribution in [0.4, 0.5) is 0 Å². The maximum atomic E-state index is 6.47. The molecule has 1 saturated heterocycles. The minimum atomic E-state index is 0.105. The molecule has 1 rings (SSSR count). The quantitative estimate of drug-likeness (QED) is 0.776. The second-order valence-electron chi connectivity index (χ2n) is 5.99. The van der Waals surface area contributed by atoms with Crippen molar-refractivity contribution in [3.63, 3.8) is 0 Å². The molecule has 0 aromatic rings. The van der Waals surface area contributed by atoms with Crippen LogP contribution in [0.3, 0.4) is 0 Å². The highest BCUT2D eigenvalue weighted by molar-refractivity contribution is 4.95. The Kier molecular flexibility index (Phi) is 5.90. The minimum absolute atomic E-state index is 0.105. The standard InChI is InChI=1S/C14H30N2O/c1-12(8-11-17-4)13(15)14(2,3)16-9-6-5-7-10-16/h12-13H,5-11,15H2,1-4H3. The monoisotopic (exact) mass is 242 g/mol. The highest BCUT2D eigenvalue weighted by Gasteiger charge is 2.36. The largest absolute Gasteiger partial charge is 0.385 e. The fraction of sp³-hybridized carbons (Fsp3) is 1.00. The summed E-state index contributed by atoms with van der Waals surface area (Å²) < 4.78 is 5.15. The highest BCUT2D eigenvalue weighted by Crippen LogP contribution is 2.27. The van der Waals surface area contributed by atoms with Gasteiger partial charge in [-0.25, -0.2) is 0 Å². The number of ether oxygens (including phenoxy) is 1. The molecule has 3 heteroatoms. The van der Waals surface area contributed by atoms with Gasteiger partial charge in [0.15, 0.2) is 0 Å². The van der Waals surface area contributed by atoms with Crippen LogP contribution in [0.2, 0.25) is 0 Å². The lowest BCUT2D eigenvalue weighted by Gasteiger charge is -2.46. The Morgan fingerprint density at radius 1 is 1.24 bits per heavy atom. The molecule has 1 fully saturated rings. The van der Waals surface area contributed by atoms with E-state index in [0.717, 1.165) is 13.0 Å². The summed E-state index contributed by atoms with van der Waals surface area (Å²) in [4.78, 5) is 2.57. The van der Waals surface area contributed by atoms with E-state index in [1.807, 2.05) is 0 Å². The molecular formula is C14H30N2O. The zero-order valence-electron chi connectivity index (χ0n) is 12.0. The van der Waals surface area contributed by atoms with Crippen molar-refractivity contribution in [3.8, 4) is 0 Å². The van der Waals surface area contributed by atoms with E-state index in [4.69, 9.17) is 10.5 Å². The Bertz CT molecular complexity index is 212. The molecule has 2 unspecified atom stereocenters. The second-order valence-corrected chi connectivity index (χ2v) is 5.99. The molecule has 0 radical (unpaired) electrons. The van der Waals surface area contributed by atoms with Crippen LogP contribution in [0.1, 0.15) is 46.5 Å². The normalized spacial score (nSPS) is 22.4. The Balaban J connectivity index is 2.54. The predicted octanol–water partition coefficient (Wildman–Crippen LogP) is 2.25. The van der Waals surface area contributed by atoms with Gasteiger partial charge in [-0.3, -0.25) is 4.90 Å². The lowest BCUT2D eigenvalue weighted by molar-refractivity contribution is 0.0504. The maximum Gasteiger partial charge on any atom is 0.0465 e. The summed E-state index contributed by atoms with van der Waals surface area (Å²) in [6, 6.07) is 0.218. The molecule has 0 spiro atoms. The van der Waals surface area contributed by atoms with Gasteiger partial charge in [-0.1, -0.05) is 13.3 Å². The van der Waals surface area contributed by atoms with E-state index in [2.05, 4.69) is 25.7 Å². The van der Waals surface area contributed by atoms with Gasteiger partial charge < -0.3 is 10.5 Å². The van der Waals surface area contributed by atoms with Gasteiger partial charge in [0, 0.05) is 25.3 Å². The van der Waals surface area contributed by atoms with Crippen LogP contribution in [0.5, 0.6) is 0 Å². The third-order valence-electron chi connectivity index (χ3n) is 4.38. The van der Waals surface area contributed by atoms with Gasteiger partial charge in [0.1, 0.15) is 0 Å². The summed E-state index contributed by atoms with van der Waals surface area (Å²) in [5.74, 6) is 0.506. The van der Waals surface area contributed by atoms with Gasteiger partial charge in [0.05, 0.1) is 0 Å². The van der Waals surface area contributed by atoms with Crippen molar-refractivity contribution in [2.45, 2.75) is 58.0 Å². The van der Waals surface area contributed by atoms with E-state index in [1.165, 1.54) is 32.4 Å². The van der Waals surface area contributed by atoms with Gasteiger partial charge in [-0.15, -0.1) is 0 Å². The third kappa shape index (κ3) is 3.94. The molecule has 1 aliphatic rings. The van der Waals surface area contributed by atoms with Crippen LogP contribution in [-0.4, -0.2) is 43.3 Å². The first-order valence-corrected chi connectivity index (χ1v) is 6.99.